The van der Waals surface area contributed by atoms with Crippen LogP contribution in [-0.4, -0.2) is 62.9 Å². The molecule has 3 atom stereocenters. The summed E-state index contributed by atoms with van der Waals surface area (Å²) in [5.74, 6) is -4.05. The van der Waals surface area contributed by atoms with E-state index in [9.17, 15) is 36.6 Å². The molecule has 0 aliphatic heterocycles. The zero-order valence-corrected chi connectivity index (χ0v) is 26.4. The van der Waals surface area contributed by atoms with Gasteiger partial charge in [0.2, 0.25) is 0 Å². The molecule has 3 rings (SSSR count). The molecule has 0 spiro atoms. The number of carbonyl (C=O) groups excluding carboxylic acids is 2. The highest BCUT2D eigenvalue weighted by molar-refractivity contribution is 14.1. The number of ether oxygens (including phenoxy) is 1. The number of aliphatic hydroxyl groups excluding tert-OH is 1. The number of hydrogen-bond acceptors (Lipinski definition) is 7. The van der Waals surface area contributed by atoms with Crippen molar-refractivity contribution in [2.24, 2.45) is 16.9 Å². The van der Waals surface area contributed by atoms with E-state index in [0.717, 1.165) is 28.0 Å². The van der Waals surface area contributed by atoms with Gasteiger partial charge in [-0.2, -0.15) is 27.1 Å². The number of hydrogen-bond donors (Lipinski definition) is 4. The van der Waals surface area contributed by atoms with Crippen LogP contribution in [0, 0.1) is 20.6 Å². The van der Waals surface area contributed by atoms with Crippen LogP contribution < -0.4 is 16.9 Å². The van der Waals surface area contributed by atoms with Crippen molar-refractivity contribution in [3.05, 3.63) is 75.0 Å². The van der Waals surface area contributed by atoms with Crippen LogP contribution in [0.2, 0.25) is 0 Å². The minimum atomic E-state index is -5.09. The second-order valence-corrected chi connectivity index (χ2v) is 12.1. The number of aromatic nitrogens is 2. The first-order valence-electron chi connectivity index (χ1n) is 13.4. The van der Waals surface area contributed by atoms with E-state index in [1.807, 2.05) is 5.43 Å². The second kappa shape index (κ2) is 14.9. The lowest BCUT2D eigenvalue weighted by Gasteiger charge is -2.36. The summed E-state index contributed by atoms with van der Waals surface area (Å²) >= 11 is 2.08. The van der Waals surface area contributed by atoms with Gasteiger partial charge in [0, 0.05) is 40.0 Å². The Balaban J connectivity index is 1.94. The number of nitrogens with zero attached hydrogens (tertiary/aromatic N) is 3. The van der Waals surface area contributed by atoms with Gasteiger partial charge in [0.15, 0.2) is 6.10 Å². The average Bonchev–Trinajstić information content (AvgIpc) is 3.45. The standard InChI is InChI=1S/C28H30F7IN6O4/c1-27(2,28(33,34)35)23(46-26(38)45)24(44)40-41(13-22(43)20(37)9-14-3-5-16(36)6-4-14)12-17-18(29)10-15(11-19(17)30)21-7-8-42(39-21)25(31)32/h3-8,10-11,20,22-23,25,43H,9,12-13,37H2,1-2H3,(H2,38,45)(H,40,44). The van der Waals surface area contributed by atoms with Crippen molar-refractivity contribution < 1.29 is 50.2 Å². The third kappa shape index (κ3) is 9.29. The van der Waals surface area contributed by atoms with Gasteiger partial charge in [-0.15, -0.1) is 0 Å². The quantitative estimate of drug-likeness (QED) is 0.112. The fraction of sp³-hybridized carbons (Fsp3) is 0.393. The van der Waals surface area contributed by atoms with E-state index < -0.39 is 78.7 Å². The molecule has 0 aliphatic carbocycles. The van der Waals surface area contributed by atoms with Crippen molar-refractivity contribution in [2.45, 2.75) is 57.8 Å². The Morgan fingerprint density at radius 3 is 2.20 bits per heavy atom. The van der Waals surface area contributed by atoms with Gasteiger partial charge < -0.3 is 21.3 Å². The van der Waals surface area contributed by atoms with Crippen LogP contribution in [-0.2, 0) is 22.5 Å². The monoisotopic (exact) mass is 774 g/mol. The molecule has 0 saturated carbocycles. The van der Waals surface area contributed by atoms with Gasteiger partial charge in [0.1, 0.15) is 17.0 Å². The molecule has 0 fully saturated rings. The Hall–Kier alpha value is -3.49. The Labute approximate surface area is 272 Å². The van der Waals surface area contributed by atoms with Crippen molar-refractivity contribution in [3.63, 3.8) is 0 Å². The number of rotatable bonds is 13. The van der Waals surface area contributed by atoms with E-state index in [-0.39, 0.29) is 22.4 Å². The van der Waals surface area contributed by atoms with E-state index in [0.29, 0.717) is 24.4 Å². The summed E-state index contributed by atoms with van der Waals surface area (Å²) in [4.78, 5) is 24.6. The maximum Gasteiger partial charge on any atom is 0.405 e. The molecule has 2 aromatic carbocycles. The normalized spacial score (nSPS) is 14.3. The summed E-state index contributed by atoms with van der Waals surface area (Å²) in [6, 6.07) is 8.70. The molecule has 1 heterocycles. The Morgan fingerprint density at radius 2 is 1.70 bits per heavy atom. The highest BCUT2D eigenvalue weighted by atomic mass is 127. The van der Waals surface area contributed by atoms with Crippen LogP contribution in [0.3, 0.4) is 0 Å². The highest BCUT2D eigenvalue weighted by Gasteiger charge is 2.57. The summed E-state index contributed by atoms with van der Waals surface area (Å²) in [6.45, 7) is -3.40. The molecular weight excluding hydrogens is 744 g/mol. The van der Waals surface area contributed by atoms with Crippen LogP contribution in [0.25, 0.3) is 11.3 Å². The van der Waals surface area contributed by atoms with Crippen molar-refractivity contribution in [1.82, 2.24) is 20.2 Å². The predicted molar refractivity (Wildman–Crippen MR) is 159 cm³/mol. The first-order valence-corrected chi connectivity index (χ1v) is 14.5. The van der Waals surface area contributed by atoms with Gasteiger partial charge >= 0.3 is 18.8 Å². The summed E-state index contributed by atoms with van der Waals surface area (Å²) < 4.78 is 104. The minimum absolute atomic E-state index is 0.108. The molecule has 252 valence electrons. The Bertz CT molecular complexity index is 1500. The van der Waals surface area contributed by atoms with Crippen LogP contribution in [0.15, 0.2) is 48.7 Å². The lowest BCUT2D eigenvalue weighted by Crippen LogP contribution is -2.58. The fourth-order valence-electron chi connectivity index (χ4n) is 4.24. The molecule has 46 heavy (non-hydrogen) atoms. The molecule has 2 amide bonds. The van der Waals surface area contributed by atoms with Crippen molar-refractivity contribution in [2.75, 3.05) is 6.54 Å². The fourth-order valence-corrected chi connectivity index (χ4v) is 4.60. The van der Waals surface area contributed by atoms with Crippen molar-refractivity contribution in [3.8, 4) is 11.3 Å². The number of nitrogens with two attached hydrogens (primary N) is 2. The number of alkyl halides is 5. The third-order valence-electron chi connectivity index (χ3n) is 7.01. The summed E-state index contributed by atoms with van der Waals surface area (Å²) in [5.41, 5.74) is 9.70. The molecule has 6 N–H and O–H groups in total. The van der Waals surface area contributed by atoms with Gasteiger partial charge in [0.05, 0.1) is 11.8 Å². The second-order valence-electron chi connectivity index (χ2n) is 10.8. The topological polar surface area (TPSA) is 149 Å². The van der Waals surface area contributed by atoms with Crippen LogP contribution in [0.1, 0.15) is 31.5 Å². The lowest BCUT2D eigenvalue weighted by molar-refractivity contribution is -0.239. The van der Waals surface area contributed by atoms with Gasteiger partial charge in [-0.3, -0.25) is 10.2 Å². The molecule has 3 aromatic rings. The third-order valence-corrected chi connectivity index (χ3v) is 7.73. The maximum absolute atomic E-state index is 15.3. The number of primary amides is 1. The van der Waals surface area contributed by atoms with E-state index in [1.165, 1.54) is 0 Å². The maximum atomic E-state index is 15.3. The van der Waals surface area contributed by atoms with Gasteiger partial charge in [-0.05, 0) is 78.8 Å². The van der Waals surface area contributed by atoms with Crippen LogP contribution in [0.5, 0.6) is 0 Å². The Morgan fingerprint density at radius 1 is 1.11 bits per heavy atom. The number of nitrogens with one attached hydrogen (secondary N) is 1. The first-order chi connectivity index (χ1) is 21.3. The predicted octanol–water partition coefficient (Wildman–Crippen LogP) is 4.64. The van der Waals surface area contributed by atoms with Crippen LogP contribution >= 0.6 is 22.6 Å². The largest absolute Gasteiger partial charge is 0.435 e. The molecule has 1 aromatic heterocycles. The Kier molecular flexibility index (Phi) is 12.0. The number of aliphatic hydroxyl groups is 1. The summed E-state index contributed by atoms with van der Waals surface area (Å²) in [6.07, 6.45) is -9.87. The highest BCUT2D eigenvalue weighted by Crippen LogP contribution is 2.41. The number of amides is 2. The van der Waals surface area contributed by atoms with Crippen LogP contribution in [0.4, 0.5) is 35.5 Å². The molecule has 10 nitrogen and oxygen atoms in total. The summed E-state index contributed by atoms with van der Waals surface area (Å²) in [5, 5.41) is 15.1. The van der Waals surface area contributed by atoms with Gasteiger partial charge in [-0.25, -0.2) is 23.3 Å². The zero-order chi connectivity index (χ0) is 34.6. The number of hydrazine groups is 1. The lowest BCUT2D eigenvalue weighted by atomic mass is 9.85. The summed E-state index contributed by atoms with van der Waals surface area (Å²) in [7, 11) is 0. The molecule has 0 saturated heterocycles. The zero-order valence-electron chi connectivity index (χ0n) is 24.2. The molecular formula is C28H30F7IN6O4. The van der Waals surface area contributed by atoms with E-state index in [4.69, 9.17) is 11.5 Å². The molecule has 0 bridgehead atoms. The minimum Gasteiger partial charge on any atom is -0.435 e. The van der Waals surface area contributed by atoms with E-state index in [2.05, 4.69) is 32.4 Å². The van der Waals surface area contributed by atoms with E-state index in [1.54, 1.807) is 24.3 Å². The SMILES string of the molecule is CC(C)(C(OC(N)=O)C(=O)NN(Cc1c(F)cc(-c2ccn(C(F)F)n2)cc1F)CC(O)C(N)Cc1ccc(I)cc1)C(F)(F)F. The van der Waals surface area contributed by atoms with Crippen molar-refractivity contribution >= 4 is 34.6 Å². The molecule has 18 heteroatoms. The first kappa shape index (κ1) is 37.0. The van der Waals surface area contributed by atoms with Gasteiger partial charge in [0.25, 0.3) is 5.91 Å². The van der Waals surface area contributed by atoms with Crippen molar-refractivity contribution in [1.29, 1.82) is 0 Å². The smallest absolute Gasteiger partial charge is 0.405 e. The number of benzene rings is 2. The molecule has 0 radical (unpaired) electrons. The molecule has 0 aliphatic rings. The molecule has 3 unspecified atom stereocenters. The van der Waals surface area contributed by atoms with Gasteiger partial charge in [-0.1, -0.05) is 12.1 Å². The van der Waals surface area contributed by atoms with E-state index >= 15 is 8.78 Å². The number of halogens is 8. The average molecular weight is 774 g/mol. The number of carbonyl (C=O) groups is 2.